The van der Waals surface area contributed by atoms with Gasteiger partial charge in [0.15, 0.2) is 0 Å². The number of nitrogens with zero attached hydrogens (tertiary/aromatic N) is 3. The first-order valence-electron chi connectivity index (χ1n) is 4.03. The van der Waals surface area contributed by atoms with Gasteiger partial charge in [-0.15, -0.1) is 11.6 Å². The van der Waals surface area contributed by atoms with Crippen LogP contribution in [0.4, 0.5) is 0 Å². The predicted molar refractivity (Wildman–Crippen MR) is 45.7 cm³/mol. The summed E-state index contributed by atoms with van der Waals surface area (Å²) in [7, 11) is 0. The number of alkyl halides is 1. The van der Waals surface area contributed by atoms with Crippen LogP contribution in [0.3, 0.4) is 0 Å². The minimum Gasteiger partial charge on any atom is -0.123 e. The van der Waals surface area contributed by atoms with Crippen LogP contribution in [0.1, 0.15) is 32.1 Å². The normalized spacial score (nSPS) is 32.1. The standard InChI is InChI=1S/C7H12ClN3/c8-6-4-2-1-3-5-7(6)10-11-9/h6-7H,1-5H2. The van der Waals surface area contributed by atoms with E-state index in [-0.39, 0.29) is 11.4 Å². The minimum absolute atomic E-state index is 0.0316. The largest absolute Gasteiger partial charge is 0.123 e. The van der Waals surface area contributed by atoms with Crippen LogP contribution in [-0.2, 0) is 0 Å². The molecule has 3 nitrogen and oxygen atoms in total. The molecule has 0 aromatic carbocycles. The lowest BCUT2D eigenvalue weighted by Gasteiger charge is -2.11. The van der Waals surface area contributed by atoms with E-state index in [1.54, 1.807) is 0 Å². The quantitative estimate of drug-likeness (QED) is 0.192. The number of hydrogen-bond donors (Lipinski definition) is 0. The lowest BCUT2D eigenvalue weighted by Crippen LogP contribution is -2.15. The molecule has 0 aliphatic heterocycles. The highest BCUT2D eigenvalue weighted by Gasteiger charge is 2.19. The van der Waals surface area contributed by atoms with Gasteiger partial charge in [-0.1, -0.05) is 24.4 Å². The average Bonchev–Trinajstić information content (AvgIpc) is 2.18. The zero-order chi connectivity index (χ0) is 8.10. The lowest BCUT2D eigenvalue weighted by atomic mass is 10.1. The highest BCUT2D eigenvalue weighted by molar-refractivity contribution is 6.21. The first-order valence-corrected chi connectivity index (χ1v) is 4.46. The molecule has 62 valence electrons. The van der Waals surface area contributed by atoms with Crippen molar-refractivity contribution in [3.05, 3.63) is 10.4 Å². The van der Waals surface area contributed by atoms with Crippen LogP contribution in [0.2, 0.25) is 0 Å². The summed E-state index contributed by atoms with van der Waals surface area (Å²) in [5.74, 6) is 0. The molecule has 1 fully saturated rings. The zero-order valence-corrected chi connectivity index (χ0v) is 7.17. The number of azide groups is 1. The van der Waals surface area contributed by atoms with Crippen LogP contribution < -0.4 is 0 Å². The summed E-state index contributed by atoms with van der Waals surface area (Å²) in [4.78, 5) is 2.79. The molecule has 0 bridgehead atoms. The maximum Gasteiger partial charge on any atom is 0.0537 e. The summed E-state index contributed by atoms with van der Waals surface area (Å²) in [6, 6.07) is 0.0316. The van der Waals surface area contributed by atoms with E-state index >= 15 is 0 Å². The molecular weight excluding hydrogens is 162 g/mol. The fourth-order valence-electron chi connectivity index (χ4n) is 1.44. The van der Waals surface area contributed by atoms with Crippen molar-refractivity contribution < 1.29 is 0 Å². The molecule has 1 rings (SSSR count). The Morgan fingerprint density at radius 1 is 1.27 bits per heavy atom. The Bertz CT molecular complexity index is 165. The van der Waals surface area contributed by atoms with Crippen molar-refractivity contribution >= 4 is 11.6 Å². The number of halogens is 1. The van der Waals surface area contributed by atoms with Crippen LogP contribution in [0.15, 0.2) is 5.11 Å². The van der Waals surface area contributed by atoms with Crippen LogP contribution >= 0.6 is 11.6 Å². The molecule has 4 heteroatoms. The van der Waals surface area contributed by atoms with E-state index in [9.17, 15) is 0 Å². The number of rotatable bonds is 1. The second-order valence-electron chi connectivity index (χ2n) is 2.93. The van der Waals surface area contributed by atoms with Gasteiger partial charge < -0.3 is 0 Å². The molecule has 0 saturated heterocycles. The monoisotopic (exact) mass is 173 g/mol. The maximum atomic E-state index is 8.23. The van der Waals surface area contributed by atoms with Crippen LogP contribution in [-0.4, -0.2) is 11.4 Å². The van der Waals surface area contributed by atoms with Gasteiger partial charge in [0.25, 0.3) is 0 Å². The van der Waals surface area contributed by atoms with E-state index in [1.165, 1.54) is 12.8 Å². The van der Waals surface area contributed by atoms with Crippen molar-refractivity contribution in [2.75, 3.05) is 0 Å². The third-order valence-electron chi connectivity index (χ3n) is 2.10. The Labute approximate surface area is 71.4 Å². The Kier molecular flexibility index (Phi) is 3.53. The van der Waals surface area contributed by atoms with Gasteiger partial charge in [0.05, 0.1) is 6.04 Å². The van der Waals surface area contributed by atoms with Crippen LogP contribution in [0.25, 0.3) is 10.4 Å². The Hall–Kier alpha value is -0.400. The smallest absolute Gasteiger partial charge is 0.0537 e. The Morgan fingerprint density at radius 2 is 2.00 bits per heavy atom. The SMILES string of the molecule is [N-]=[N+]=NC1CCCCCC1Cl. The first-order chi connectivity index (χ1) is 5.34. The topological polar surface area (TPSA) is 48.8 Å². The van der Waals surface area contributed by atoms with Crippen LogP contribution in [0, 0.1) is 0 Å². The fourth-order valence-corrected chi connectivity index (χ4v) is 1.77. The summed E-state index contributed by atoms with van der Waals surface area (Å²) in [5.41, 5.74) is 8.23. The summed E-state index contributed by atoms with van der Waals surface area (Å²) >= 11 is 6.00. The van der Waals surface area contributed by atoms with E-state index in [2.05, 4.69) is 10.0 Å². The van der Waals surface area contributed by atoms with Gasteiger partial charge in [-0.25, -0.2) is 0 Å². The van der Waals surface area contributed by atoms with Crippen molar-refractivity contribution in [3.63, 3.8) is 0 Å². The van der Waals surface area contributed by atoms with E-state index < -0.39 is 0 Å². The highest BCUT2D eigenvalue weighted by Crippen LogP contribution is 2.24. The van der Waals surface area contributed by atoms with E-state index in [0.717, 1.165) is 19.3 Å². The van der Waals surface area contributed by atoms with Crippen molar-refractivity contribution in [2.45, 2.75) is 43.5 Å². The van der Waals surface area contributed by atoms with Crippen molar-refractivity contribution in [3.8, 4) is 0 Å². The molecule has 1 aliphatic carbocycles. The zero-order valence-electron chi connectivity index (χ0n) is 6.41. The molecule has 0 aromatic rings. The van der Waals surface area contributed by atoms with Gasteiger partial charge in [-0.3, -0.25) is 0 Å². The van der Waals surface area contributed by atoms with Crippen molar-refractivity contribution in [1.29, 1.82) is 0 Å². The molecule has 1 saturated carbocycles. The molecule has 1 aliphatic rings. The molecule has 2 unspecified atom stereocenters. The summed E-state index contributed by atoms with van der Waals surface area (Å²) < 4.78 is 0. The van der Waals surface area contributed by atoms with Gasteiger partial charge in [-0.05, 0) is 18.4 Å². The molecule has 0 N–H and O–H groups in total. The van der Waals surface area contributed by atoms with Gasteiger partial charge >= 0.3 is 0 Å². The maximum absolute atomic E-state index is 8.23. The minimum atomic E-state index is 0.0316. The van der Waals surface area contributed by atoms with Gasteiger partial charge in [-0.2, -0.15) is 0 Å². The highest BCUT2D eigenvalue weighted by atomic mass is 35.5. The predicted octanol–water partition coefficient (Wildman–Crippen LogP) is 3.24. The first kappa shape index (κ1) is 8.69. The Morgan fingerprint density at radius 3 is 2.73 bits per heavy atom. The molecule has 0 aromatic heterocycles. The van der Waals surface area contributed by atoms with Crippen LogP contribution in [0.5, 0.6) is 0 Å². The summed E-state index contributed by atoms with van der Waals surface area (Å²) in [5, 5.41) is 3.74. The summed E-state index contributed by atoms with van der Waals surface area (Å²) in [6.45, 7) is 0. The second kappa shape index (κ2) is 4.47. The molecular formula is C7H12ClN3. The average molecular weight is 174 g/mol. The third-order valence-corrected chi connectivity index (χ3v) is 2.61. The van der Waals surface area contributed by atoms with Gasteiger partial charge in [0, 0.05) is 10.3 Å². The molecule has 0 spiro atoms. The Balaban J connectivity index is 2.51. The molecule has 2 atom stereocenters. The molecule has 0 amide bonds. The molecule has 0 heterocycles. The van der Waals surface area contributed by atoms with E-state index in [4.69, 9.17) is 17.1 Å². The fraction of sp³-hybridized carbons (Fsp3) is 1.00. The van der Waals surface area contributed by atoms with Gasteiger partial charge in [0.1, 0.15) is 0 Å². The van der Waals surface area contributed by atoms with Crippen molar-refractivity contribution in [1.82, 2.24) is 0 Å². The summed E-state index contributed by atoms with van der Waals surface area (Å²) in [6.07, 6.45) is 5.49. The molecule has 11 heavy (non-hydrogen) atoms. The van der Waals surface area contributed by atoms with Gasteiger partial charge in [0.2, 0.25) is 0 Å². The van der Waals surface area contributed by atoms with E-state index in [1.807, 2.05) is 0 Å². The molecule has 0 radical (unpaired) electrons. The third kappa shape index (κ3) is 2.60. The van der Waals surface area contributed by atoms with Crippen molar-refractivity contribution in [2.24, 2.45) is 5.11 Å². The lowest BCUT2D eigenvalue weighted by molar-refractivity contribution is 0.587. The number of hydrogen-bond acceptors (Lipinski definition) is 1. The second-order valence-corrected chi connectivity index (χ2v) is 3.49. The van der Waals surface area contributed by atoms with E-state index in [0.29, 0.717) is 0 Å².